The highest BCUT2D eigenvalue weighted by atomic mass is 16.6. The lowest BCUT2D eigenvalue weighted by Crippen LogP contribution is -2.47. The van der Waals surface area contributed by atoms with Crippen LogP contribution in [0.4, 0.5) is 0 Å². The molecule has 0 saturated heterocycles. The van der Waals surface area contributed by atoms with Crippen LogP contribution >= 0.6 is 0 Å². The van der Waals surface area contributed by atoms with Gasteiger partial charge in [0.25, 0.3) is 0 Å². The first-order valence-electron chi connectivity index (χ1n) is 13.0. The first kappa shape index (κ1) is 25.5. The van der Waals surface area contributed by atoms with Gasteiger partial charge in [-0.1, -0.05) is 90.8 Å². The third-order valence-corrected chi connectivity index (χ3v) is 7.49. The minimum absolute atomic E-state index is 0.187. The molecule has 192 valence electrons. The van der Waals surface area contributed by atoms with Gasteiger partial charge in [-0.3, -0.25) is 0 Å². The van der Waals surface area contributed by atoms with E-state index < -0.39 is 24.1 Å². The molecule has 0 amide bonds. The number of aryl methyl sites for hydroxylation is 3. The zero-order valence-electron chi connectivity index (χ0n) is 22.2. The SMILES string of the molecule is Cc1ccc(C)c(C2c3cc(C)ccc3C(C)C(OC(=O)c3ccccc3)C2OC(=O)c2ccccc2)c1. The van der Waals surface area contributed by atoms with Crippen LogP contribution < -0.4 is 0 Å². The summed E-state index contributed by atoms with van der Waals surface area (Å²) in [5.74, 6) is -1.36. The molecule has 0 radical (unpaired) electrons. The summed E-state index contributed by atoms with van der Waals surface area (Å²) in [4.78, 5) is 26.8. The smallest absolute Gasteiger partial charge is 0.338 e. The maximum Gasteiger partial charge on any atom is 0.338 e. The minimum atomic E-state index is -0.722. The first-order valence-corrected chi connectivity index (χ1v) is 13.0. The van der Waals surface area contributed by atoms with E-state index in [0.29, 0.717) is 11.1 Å². The van der Waals surface area contributed by atoms with Crippen LogP contribution in [0.5, 0.6) is 0 Å². The molecule has 0 heterocycles. The van der Waals surface area contributed by atoms with E-state index in [9.17, 15) is 9.59 Å². The van der Waals surface area contributed by atoms with Crippen LogP contribution in [0.2, 0.25) is 0 Å². The van der Waals surface area contributed by atoms with Crippen LogP contribution in [0.25, 0.3) is 0 Å². The number of fused-ring (bicyclic) bond motifs is 1. The van der Waals surface area contributed by atoms with E-state index in [0.717, 1.165) is 33.4 Å². The van der Waals surface area contributed by atoms with Crippen LogP contribution in [0.1, 0.15) is 72.9 Å². The van der Waals surface area contributed by atoms with Crippen LogP contribution in [0.3, 0.4) is 0 Å². The van der Waals surface area contributed by atoms with Gasteiger partial charge in [0.15, 0.2) is 6.10 Å². The standard InChI is InChI=1S/C34H32O4/c1-21-15-17-23(3)28(19-21)30-29-20-22(2)16-18-27(29)24(4)31(37-33(35)25-11-7-5-8-12-25)32(30)38-34(36)26-13-9-6-10-14-26/h5-20,24,30-32H,1-4H3. The van der Waals surface area contributed by atoms with E-state index in [4.69, 9.17) is 9.47 Å². The Hall–Kier alpha value is -4.18. The Labute approximate surface area is 224 Å². The number of benzene rings is 4. The summed E-state index contributed by atoms with van der Waals surface area (Å²) < 4.78 is 12.6. The molecule has 0 aliphatic heterocycles. The molecule has 38 heavy (non-hydrogen) atoms. The lowest BCUT2D eigenvalue weighted by Gasteiger charge is -2.43. The molecule has 4 unspecified atom stereocenters. The summed E-state index contributed by atoms with van der Waals surface area (Å²) in [5, 5.41) is 0. The van der Waals surface area contributed by atoms with Crippen LogP contribution in [0.15, 0.2) is 97.1 Å². The van der Waals surface area contributed by atoms with E-state index in [2.05, 4.69) is 57.2 Å². The molecule has 4 heteroatoms. The molecule has 0 N–H and O–H groups in total. The lowest BCUT2D eigenvalue weighted by atomic mass is 9.69. The van der Waals surface area contributed by atoms with Gasteiger partial charge in [0.1, 0.15) is 6.10 Å². The highest BCUT2D eigenvalue weighted by Gasteiger charge is 2.47. The summed E-state index contributed by atoms with van der Waals surface area (Å²) in [7, 11) is 0. The van der Waals surface area contributed by atoms with Crippen LogP contribution in [0, 0.1) is 20.8 Å². The summed E-state index contributed by atoms with van der Waals surface area (Å²) in [6.45, 7) is 8.24. The van der Waals surface area contributed by atoms with Gasteiger partial charge in [-0.25, -0.2) is 9.59 Å². The Bertz CT molecular complexity index is 1460. The zero-order chi connectivity index (χ0) is 26.8. The second-order valence-corrected chi connectivity index (χ2v) is 10.2. The average Bonchev–Trinajstić information content (AvgIpc) is 2.93. The zero-order valence-corrected chi connectivity index (χ0v) is 22.2. The summed E-state index contributed by atoms with van der Waals surface area (Å²) in [6.07, 6.45) is -1.41. The van der Waals surface area contributed by atoms with Gasteiger partial charge in [0, 0.05) is 5.92 Å². The van der Waals surface area contributed by atoms with E-state index in [1.54, 1.807) is 24.3 Å². The average molecular weight is 505 g/mol. The molecular weight excluding hydrogens is 472 g/mol. The molecule has 4 atom stereocenters. The van der Waals surface area contributed by atoms with Gasteiger partial charge in [0.2, 0.25) is 0 Å². The number of carbonyl (C=O) groups excluding carboxylic acids is 2. The van der Waals surface area contributed by atoms with Crippen molar-refractivity contribution in [1.82, 2.24) is 0 Å². The third kappa shape index (κ3) is 4.99. The van der Waals surface area contributed by atoms with Crippen molar-refractivity contribution in [2.24, 2.45) is 0 Å². The minimum Gasteiger partial charge on any atom is -0.454 e. The van der Waals surface area contributed by atoms with Crippen LogP contribution in [-0.4, -0.2) is 24.1 Å². The third-order valence-electron chi connectivity index (χ3n) is 7.49. The largest absolute Gasteiger partial charge is 0.454 e. The molecule has 4 aromatic rings. The molecule has 0 aromatic heterocycles. The molecule has 5 rings (SSSR count). The number of rotatable bonds is 5. The van der Waals surface area contributed by atoms with Gasteiger partial charge < -0.3 is 9.47 Å². The molecule has 0 fully saturated rings. The first-order chi connectivity index (χ1) is 18.3. The topological polar surface area (TPSA) is 52.6 Å². The van der Waals surface area contributed by atoms with E-state index in [-0.39, 0.29) is 11.8 Å². The number of esters is 2. The Morgan fingerprint density at radius 3 is 1.66 bits per heavy atom. The maximum absolute atomic E-state index is 13.5. The van der Waals surface area contributed by atoms with Gasteiger partial charge in [-0.05, 0) is 67.3 Å². The molecule has 4 aromatic carbocycles. The molecular formula is C34H32O4. The summed E-state index contributed by atoms with van der Waals surface area (Å²) in [6, 6.07) is 30.6. The number of hydrogen-bond donors (Lipinski definition) is 0. The Balaban J connectivity index is 1.66. The highest BCUT2D eigenvalue weighted by Crippen LogP contribution is 2.46. The van der Waals surface area contributed by atoms with Gasteiger partial charge in [-0.15, -0.1) is 0 Å². The van der Waals surface area contributed by atoms with E-state index >= 15 is 0 Å². The summed E-state index contributed by atoms with van der Waals surface area (Å²) >= 11 is 0. The Morgan fingerprint density at radius 1 is 0.579 bits per heavy atom. The van der Waals surface area contributed by atoms with E-state index in [1.807, 2.05) is 43.3 Å². The lowest BCUT2D eigenvalue weighted by molar-refractivity contribution is -0.0532. The van der Waals surface area contributed by atoms with Crippen molar-refractivity contribution in [3.05, 3.63) is 142 Å². The second-order valence-electron chi connectivity index (χ2n) is 10.2. The quantitative estimate of drug-likeness (QED) is 0.267. The van der Waals surface area contributed by atoms with Crippen molar-refractivity contribution in [2.75, 3.05) is 0 Å². The van der Waals surface area contributed by atoms with Gasteiger partial charge >= 0.3 is 11.9 Å². The highest BCUT2D eigenvalue weighted by molar-refractivity contribution is 5.90. The second kappa shape index (κ2) is 10.7. The predicted molar refractivity (Wildman–Crippen MR) is 149 cm³/mol. The molecule has 0 saturated carbocycles. The van der Waals surface area contributed by atoms with Crippen molar-refractivity contribution in [1.29, 1.82) is 0 Å². The maximum atomic E-state index is 13.5. The fourth-order valence-electron chi connectivity index (χ4n) is 5.48. The van der Waals surface area contributed by atoms with Crippen LogP contribution in [-0.2, 0) is 9.47 Å². The molecule has 0 bridgehead atoms. The summed E-state index contributed by atoms with van der Waals surface area (Å²) in [5.41, 5.74) is 7.52. The normalized spacial score (nSPS) is 20.3. The van der Waals surface area contributed by atoms with Gasteiger partial charge in [-0.2, -0.15) is 0 Å². The monoisotopic (exact) mass is 504 g/mol. The number of hydrogen-bond acceptors (Lipinski definition) is 4. The Kier molecular flexibility index (Phi) is 7.15. The fraction of sp³-hybridized carbons (Fsp3) is 0.235. The predicted octanol–water partition coefficient (Wildman–Crippen LogP) is 7.31. The molecule has 0 spiro atoms. The van der Waals surface area contributed by atoms with Crippen molar-refractivity contribution >= 4 is 11.9 Å². The van der Waals surface area contributed by atoms with Gasteiger partial charge in [0.05, 0.1) is 17.0 Å². The number of ether oxygens (including phenoxy) is 2. The molecule has 4 nitrogen and oxygen atoms in total. The van der Waals surface area contributed by atoms with Crippen molar-refractivity contribution < 1.29 is 19.1 Å². The Morgan fingerprint density at radius 2 is 1.08 bits per heavy atom. The molecule has 1 aliphatic carbocycles. The van der Waals surface area contributed by atoms with Crippen molar-refractivity contribution in [3.8, 4) is 0 Å². The molecule has 1 aliphatic rings. The fourth-order valence-corrected chi connectivity index (χ4v) is 5.48. The van der Waals surface area contributed by atoms with E-state index in [1.165, 1.54) is 0 Å². The van der Waals surface area contributed by atoms with Crippen molar-refractivity contribution in [3.63, 3.8) is 0 Å². The number of carbonyl (C=O) groups is 2. The van der Waals surface area contributed by atoms with Crippen molar-refractivity contribution in [2.45, 2.75) is 51.7 Å².